The Morgan fingerprint density at radius 2 is 2.33 bits per heavy atom. The van der Waals surface area contributed by atoms with E-state index in [1.54, 1.807) is 29.5 Å². The molecule has 0 unspecified atom stereocenters. The van der Waals surface area contributed by atoms with Crippen LogP contribution < -0.4 is 10.9 Å². The molecule has 0 spiro atoms. The molecule has 0 aliphatic rings. The van der Waals surface area contributed by atoms with Gasteiger partial charge in [-0.15, -0.1) is 0 Å². The van der Waals surface area contributed by atoms with Crippen molar-refractivity contribution >= 4 is 5.82 Å². The zero-order chi connectivity index (χ0) is 13.0. The van der Waals surface area contributed by atoms with Crippen LogP contribution in [0.3, 0.4) is 0 Å². The van der Waals surface area contributed by atoms with Crippen LogP contribution in [0.4, 0.5) is 5.82 Å². The lowest BCUT2D eigenvalue weighted by molar-refractivity contribution is 0.509. The summed E-state index contributed by atoms with van der Waals surface area (Å²) in [6, 6.07) is 1.85. The highest BCUT2D eigenvalue weighted by Gasteiger charge is 2.06. The van der Waals surface area contributed by atoms with Gasteiger partial charge in [0.05, 0.1) is 12.5 Å². The van der Waals surface area contributed by atoms with Crippen molar-refractivity contribution in [2.45, 2.75) is 26.9 Å². The van der Waals surface area contributed by atoms with Gasteiger partial charge in [0, 0.05) is 31.0 Å². The smallest absolute Gasteiger partial charge is 0.293 e. The molecule has 0 saturated heterocycles. The third kappa shape index (κ3) is 3.00. The molecule has 0 aromatic carbocycles. The summed E-state index contributed by atoms with van der Waals surface area (Å²) in [5, 5.41) is 3.02. The number of furan rings is 1. The Hall–Kier alpha value is -2.04. The molecular formula is C13H17N3O2. The Morgan fingerprint density at radius 3 is 3.00 bits per heavy atom. The van der Waals surface area contributed by atoms with Crippen molar-refractivity contribution in [3.63, 3.8) is 0 Å². The minimum Gasteiger partial charge on any atom is -0.472 e. The predicted octanol–water partition coefficient (Wildman–Crippen LogP) is 2.10. The number of hydrogen-bond acceptors (Lipinski definition) is 4. The summed E-state index contributed by atoms with van der Waals surface area (Å²) >= 11 is 0. The summed E-state index contributed by atoms with van der Waals surface area (Å²) in [7, 11) is 0. The fraction of sp³-hybridized carbons (Fsp3) is 0.385. The standard InChI is InChI=1S/C13H17N3O2/c1-10(2)8-16-5-4-14-12(13(16)17)15-7-11-3-6-18-9-11/h3-6,9-10H,7-8H2,1-2H3,(H,14,15). The number of nitrogens with zero attached hydrogens (tertiary/aromatic N) is 2. The molecule has 0 amide bonds. The first kappa shape index (κ1) is 12.4. The molecule has 2 rings (SSSR count). The van der Waals surface area contributed by atoms with Crippen LogP contribution >= 0.6 is 0 Å². The second kappa shape index (κ2) is 5.53. The van der Waals surface area contributed by atoms with E-state index in [9.17, 15) is 4.79 Å². The summed E-state index contributed by atoms with van der Waals surface area (Å²) in [5.41, 5.74) is 0.894. The Morgan fingerprint density at radius 1 is 1.50 bits per heavy atom. The maximum atomic E-state index is 12.1. The largest absolute Gasteiger partial charge is 0.472 e. The molecule has 2 heterocycles. The van der Waals surface area contributed by atoms with Gasteiger partial charge in [-0.25, -0.2) is 4.98 Å². The molecule has 0 aliphatic heterocycles. The highest BCUT2D eigenvalue weighted by atomic mass is 16.3. The van der Waals surface area contributed by atoms with E-state index in [2.05, 4.69) is 24.1 Å². The van der Waals surface area contributed by atoms with Gasteiger partial charge in [-0.1, -0.05) is 13.8 Å². The summed E-state index contributed by atoms with van der Waals surface area (Å²) < 4.78 is 6.64. The molecule has 5 nitrogen and oxygen atoms in total. The van der Waals surface area contributed by atoms with Gasteiger partial charge in [0.15, 0.2) is 5.82 Å². The van der Waals surface area contributed by atoms with Gasteiger partial charge < -0.3 is 14.3 Å². The molecule has 2 aromatic rings. The monoisotopic (exact) mass is 247 g/mol. The molecule has 5 heteroatoms. The lowest BCUT2D eigenvalue weighted by Gasteiger charge is -2.10. The van der Waals surface area contributed by atoms with Crippen LogP contribution in [0.5, 0.6) is 0 Å². The predicted molar refractivity (Wildman–Crippen MR) is 69.4 cm³/mol. The van der Waals surface area contributed by atoms with Crippen molar-refractivity contribution in [3.05, 3.63) is 46.9 Å². The molecule has 1 N–H and O–H groups in total. The molecule has 18 heavy (non-hydrogen) atoms. The van der Waals surface area contributed by atoms with E-state index in [0.29, 0.717) is 24.8 Å². The number of rotatable bonds is 5. The molecule has 0 saturated carbocycles. The van der Waals surface area contributed by atoms with Gasteiger partial charge >= 0.3 is 0 Å². The molecule has 0 bridgehead atoms. The van der Waals surface area contributed by atoms with Crippen LogP contribution in [0.2, 0.25) is 0 Å². The van der Waals surface area contributed by atoms with Gasteiger partial charge in [0.1, 0.15) is 0 Å². The zero-order valence-corrected chi connectivity index (χ0v) is 10.6. The van der Waals surface area contributed by atoms with Crippen LogP contribution in [-0.2, 0) is 13.1 Å². The molecule has 0 aliphatic carbocycles. The minimum absolute atomic E-state index is 0.0882. The van der Waals surface area contributed by atoms with Crippen LogP contribution in [-0.4, -0.2) is 9.55 Å². The average molecular weight is 247 g/mol. The maximum Gasteiger partial charge on any atom is 0.293 e. The number of nitrogens with one attached hydrogen (secondary N) is 1. The van der Waals surface area contributed by atoms with Crippen LogP contribution in [0.25, 0.3) is 0 Å². The van der Waals surface area contributed by atoms with Gasteiger partial charge in [0.25, 0.3) is 5.56 Å². The molecule has 96 valence electrons. The minimum atomic E-state index is -0.0882. The first-order valence-corrected chi connectivity index (χ1v) is 5.97. The normalized spacial score (nSPS) is 10.8. The third-order valence-corrected chi connectivity index (χ3v) is 2.52. The Balaban J connectivity index is 2.11. The van der Waals surface area contributed by atoms with Crippen molar-refractivity contribution in [3.8, 4) is 0 Å². The second-order valence-electron chi connectivity index (χ2n) is 4.61. The topological polar surface area (TPSA) is 60.1 Å². The van der Waals surface area contributed by atoms with Crippen LogP contribution in [0.15, 0.2) is 40.2 Å². The van der Waals surface area contributed by atoms with E-state index in [-0.39, 0.29) is 5.56 Å². The Labute approximate surface area is 105 Å². The number of aromatic nitrogens is 2. The van der Waals surface area contributed by atoms with E-state index in [4.69, 9.17) is 4.42 Å². The molecular weight excluding hydrogens is 230 g/mol. The van der Waals surface area contributed by atoms with Crippen molar-refractivity contribution in [2.24, 2.45) is 5.92 Å². The van der Waals surface area contributed by atoms with Crippen molar-refractivity contribution in [1.82, 2.24) is 9.55 Å². The quantitative estimate of drug-likeness (QED) is 0.879. The Kier molecular flexibility index (Phi) is 3.82. The lowest BCUT2D eigenvalue weighted by Crippen LogP contribution is -2.25. The fourth-order valence-electron chi connectivity index (χ4n) is 1.68. The average Bonchev–Trinajstić information content (AvgIpc) is 2.83. The zero-order valence-electron chi connectivity index (χ0n) is 10.6. The summed E-state index contributed by atoms with van der Waals surface area (Å²) in [4.78, 5) is 16.1. The van der Waals surface area contributed by atoms with Gasteiger partial charge in [-0.05, 0) is 12.0 Å². The number of anilines is 1. The maximum absolute atomic E-state index is 12.1. The van der Waals surface area contributed by atoms with E-state index >= 15 is 0 Å². The van der Waals surface area contributed by atoms with Crippen LogP contribution in [0, 0.1) is 5.92 Å². The van der Waals surface area contributed by atoms with E-state index in [1.165, 1.54) is 0 Å². The summed E-state index contributed by atoms with van der Waals surface area (Å²) in [6.07, 6.45) is 6.60. The first-order chi connectivity index (χ1) is 8.66. The van der Waals surface area contributed by atoms with Gasteiger partial charge in [-0.2, -0.15) is 0 Å². The number of hydrogen-bond donors (Lipinski definition) is 1. The van der Waals surface area contributed by atoms with Crippen molar-refractivity contribution in [2.75, 3.05) is 5.32 Å². The van der Waals surface area contributed by atoms with Crippen LogP contribution in [0.1, 0.15) is 19.4 Å². The SMILES string of the molecule is CC(C)Cn1ccnc(NCc2ccoc2)c1=O. The van der Waals surface area contributed by atoms with E-state index in [1.807, 2.05) is 6.07 Å². The fourth-order valence-corrected chi connectivity index (χ4v) is 1.68. The van der Waals surface area contributed by atoms with Gasteiger partial charge in [0.2, 0.25) is 0 Å². The first-order valence-electron chi connectivity index (χ1n) is 5.97. The highest BCUT2D eigenvalue weighted by Crippen LogP contribution is 2.03. The third-order valence-electron chi connectivity index (χ3n) is 2.52. The molecule has 0 fully saturated rings. The van der Waals surface area contributed by atoms with E-state index < -0.39 is 0 Å². The molecule has 0 radical (unpaired) electrons. The van der Waals surface area contributed by atoms with Crippen molar-refractivity contribution < 1.29 is 4.42 Å². The van der Waals surface area contributed by atoms with Gasteiger partial charge in [-0.3, -0.25) is 4.79 Å². The van der Waals surface area contributed by atoms with Crippen molar-refractivity contribution in [1.29, 1.82) is 0 Å². The molecule has 0 atom stereocenters. The summed E-state index contributed by atoms with van der Waals surface area (Å²) in [6.45, 7) is 5.38. The van der Waals surface area contributed by atoms with E-state index in [0.717, 1.165) is 5.56 Å². The molecule has 2 aromatic heterocycles. The Bertz CT molecular complexity index is 544. The summed E-state index contributed by atoms with van der Waals surface area (Å²) in [5.74, 6) is 0.797. The second-order valence-corrected chi connectivity index (χ2v) is 4.61. The lowest BCUT2D eigenvalue weighted by atomic mass is 10.2. The highest BCUT2D eigenvalue weighted by molar-refractivity contribution is 5.32.